The molecule has 2 unspecified atom stereocenters. The normalized spacial score (nSPS) is 42.3. The summed E-state index contributed by atoms with van der Waals surface area (Å²) in [7, 11) is 2.54. The van der Waals surface area contributed by atoms with Crippen LogP contribution in [0.2, 0.25) is 0 Å². The first-order valence-electron chi connectivity index (χ1n) is 8.53. The number of nitrogens with zero attached hydrogens (tertiary/aromatic N) is 3. The molecule has 0 aliphatic carbocycles. The van der Waals surface area contributed by atoms with Gasteiger partial charge in [0, 0.05) is 66.0 Å². The second kappa shape index (κ2) is 8.20. The lowest BCUT2D eigenvalue weighted by molar-refractivity contribution is 0.513. The summed E-state index contributed by atoms with van der Waals surface area (Å²) in [6.45, 7) is 4.04. The monoisotopic (exact) mass is 430 g/mol. The lowest BCUT2D eigenvalue weighted by atomic mass is 10.5. The lowest BCUT2D eigenvalue weighted by Crippen LogP contribution is -2.54. The molecule has 3 saturated heterocycles. The molecule has 7 nitrogen and oxygen atoms in total. The highest BCUT2D eigenvalue weighted by atomic mass is 32.8. The molecule has 3 aliphatic heterocycles. The second-order valence-electron chi connectivity index (χ2n) is 6.11. The molecule has 2 atom stereocenters. The van der Waals surface area contributed by atoms with Gasteiger partial charge in [0.05, 0.1) is 22.8 Å². The molecular formula is C12H31N7P3S2+3. The lowest BCUT2D eigenvalue weighted by Gasteiger charge is -2.44. The molecule has 0 radical (unpaired) electrons. The van der Waals surface area contributed by atoms with Gasteiger partial charge in [-0.3, -0.25) is 0 Å². The van der Waals surface area contributed by atoms with Crippen LogP contribution in [0.4, 0.5) is 0 Å². The van der Waals surface area contributed by atoms with Crippen LogP contribution in [-0.4, -0.2) is 60.8 Å². The van der Waals surface area contributed by atoms with Gasteiger partial charge >= 0.3 is 21.7 Å². The van der Waals surface area contributed by atoms with Crippen molar-refractivity contribution in [1.82, 2.24) is 29.0 Å². The Balaban J connectivity index is 2.02. The van der Waals surface area contributed by atoms with Crippen molar-refractivity contribution < 1.29 is 0 Å². The smallest absolute Gasteiger partial charge is 0.137 e. The van der Waals surface area contributed by atoms with Gasteiger partial charge in [-0.15, -0.1) is 14.4 Å². The highest BCUT2D eigenvalue weighted by Crippen LogP contribution is 2.88. The Hall–Kier alpha value is 1.42. The first kappa shape index (κ1) is 20.2. The van der Waals surface area contributed by atoms with Crippen LogP contribution in [0.15, 0.2) is 4.76 Å². The summed E-state index contributed by atoms with van der Waals surface area (Å²) in [6.07, 6.45) is 4.48. The van der Waals surface area contributed by atoms with Gasteiger partial charge in [0.2, 0.25) is 0 Å². The van der Waals surface area contributed by atoms with E-state index in [1.807, 2.05) is 13.1 Å². The van der Waals surface area contributed by atoms with Crippen LogP contribution in [0.5, 0.6) is 0 Å². The third-order valence-electron chi connectivity index (χ3n) is 4.28. The van der Waals surface area contributed by atoms with Gasteiger partial charge < -0.3 is 0 Å². The van der Waals surface area contributed by atoms with Crippen molar-refractivity contribution in [3.63, 3.8) is 0 Å². The summed E-state index contributed by atoms with van der Waals surface area (Å²) in [5.74, 6) is 2.43. The molecule has 3 rings (SSSR count). The van der Waals surface area contributed by atoms with Crippen molar-refractivity contribution in [3.05, 3.63) is 0 Å². The van der Waals surface area contributed by atoms with Crippen molar-refractivity contribution in [2.75, 3.05) is 45.2 Å². The Labute approximate surface area is 156 Å². The van der Waals surface area contributed by atoms with Crippen molar-refractivity contribution in [2.45, 2.75) is 26.7 Å². The van der Waals surface area contributed by atoms with Crippen molar-refractivity contribution in [3.8, 4) is 0 Å². The zero-order valence-corrected chi connectivity index (χ0v) is 19.3. The molecule has 4 N–H and O–H groups in total. The molecular weight excluding hydrogens is 399 g/mol. The SMILES string of the molecule is CC=N[P+]1(NCC)N[P+]2(N[P+]3(N1)SCCCN3C)SCCCN2C. The van der Waals surface area contributed by atoms with E-state index in [-0.39, 0.29) is 0 Å². The van der Waals surface area contributed by atoms with Gasteiger partial charge in [-0.25, -0.2) is 0 Å². The predicted molar refractivity (Wildman–Crippen MR) is 117 cm³/mol. The first-order chi connectivity index (χ1) is 11.5. The van der Waals surface area contributed by atoms with E-state index < -0.39 is 21.7 Å². The summed E-state index contributed by atoms with van der Waals surface area (Å²) in [6, 6.07) is 0. The molecule has 0 aromatic carbocycles. The van der Waals surface area contributed by atoms with Gasteiger partial charge in [0.15, 0.2) is 0 Å². The van der Waals surface area contributed by atoms with Crippen LogP contribution in [0.25, 0.3) is 0 Å². The summed E-state index contributed by atoms with van der Waals surface area (Å²) >= 11 is 4.19. The molecule has 24 heavy (non-hydrogen) atoms. The van der Waals surface area contributed by atoms with Gasteiger partial charge in [-0.05, 0) is 26.7 Å². The average Bonchev–Trinajstić information content (AvgIpc) is 2.54. The molecule has 0 bridgehead atoms. The zero-order chi connectivity index (χ0) is 17.3. The van der Waals surface area contributed by atoms with E-state index in [0.717, 1.165) is 19.6 Å². The molecule has 3 fully saturated rings. The van der Waals surface area contributed by atoms with Crippen LogP contribution < -0.4 is 19.7 Å². The minimum absolute atomic E-state index is 0.911. The molecule has 12 heteroatoms. The van der Waals surface area contributed by atoms with E-state index in [9.17, 15) is 0 Å². The zero-order valence-electron chi connectivity index (χ0n) is 15.0. The van der Waals surface area contributed by atoms with Gasteiger partial charge in [0.1, 0.15) is 0 Å². The molecule has 3 heterocycles. The largest absolute Gasteiger partial charge is 0.420 e. The van der Waals surface area contributed by atoms with Gasteiger partial charge in [0.25, 0.3) is 0 Å². The van der Waals surface area contributed by atoms with Crippen molar-refractivity contribution in [2.24, 2.45) is 4.76 Å². The van der Waals surface area contributed by atoms with Gasteiger partial charge in [-0.1, -0.05) is 4.76 Å². The maximum atomic E-state index is 4.96. The third kappa shape index (κ3) is 3.83. The Bertz CT molecular complexity index is 458. The molecule has 138 valence electrons. The molecule has 2 spiro atoms. The van der Waals surface area contributed by atoms with Crippen LogP contribution in [0, 0.1) is 0 Å². The maximum Gasteiger partial charge on any atom is 0.420 e. The number of hydrogen-bond donors (Lipinski definition) is 4. The fourth-order valence-corrected chi connectivity index (χ4v) is 27.8. The van der Waals surface area contributed by atoms with Crippen molar-refractivity contribution in [1.29, 1.82) is 0 Å². The Morgan fingerprint density at radius 3 is 2.00 bits per heavy atom. The van der Waals surface area contributed by atoms with E-state index in [4.69, 9.17) is 4.76 Å². The summed E-state index contributed by atoms with van der Waals surface area (Å²) < 4.78 is 10.1. The molecule has 0 amide bonds. The molecule has 0 aromatic heterocycles. The number of nitrogens with one attached hydrogen (secondary N) is 4. The molecule has 0 saturated carbocycles. The summed E-state index contributed by atoms with van der Waals surface area (Å²) in [5, 5.41) is 3.71. The van der Waals surface area contributed by atoms with E-state index in [2.05, 4.69) is 72.8 Å². The second-order valence-corrected chi connectivity index (χ2v) is 20.0. The minimum atomic E-state index is -2.00. The molecule has 0 aromatic rings. The van der Waals surface area contributed by atoms with E-state index in [1.165, 1.54) is 24.3 Å². The highest BCUT2D eigenvalue weighted by molar-refractivity contribution is 8.68. The van der Waals surface area contributed by atoms with E-state index in [0.29, 0.717) is 0 Å². The fraction of sp³-hybridized carbons (Fsp3) is 0.917. The quantitative estimate of drug-likeness (QED) is 0.400. The topological polar surface area (TPSA) is 67.0 Å². The fourth-order valence-electron chi connectivity index (χ4n) is 3.09. The van der Waals surface area contributed by atoms with E-state index >= 15 is 0 Å². The maximum absolute atomic E-state index is 4.96. The Morgan fingerprint density at radius 1 is 1.04 bits per heavy atom. The highest BCUT2D eigenvalue weighted by Gasteiger charge is 2.77. The Kier molecular flexibility index (Phi) is 6.89. The molecule has 3 aliphatic rings. The van der Waals surface area contributed by atoms with Crippen LogP contribution in [-0.2, 0) is 0 Å². The van der Waals surface area contributed by atoms with Crippen LogP contribution >= 0.6 is 44.5 Å². The standard InChI is InChI=1S/C12H31N7P3S2/c1-5-13-20(14-6-2)15-21(18(3)9-7-11-23-21)17-22(16-20)19(4)10-8-12-24-22/h5,14-17H,6-12H2,1-4H3/q+3. The number of rotatable bonds is 3. The average molecular weight is 430 g/mol. The van der Waals surface area contributed by atoms with Gasteiger partial charge in [-0.2, -0.15) is 0 Å². The predicted octanol–water partition coefficient (Wildman–Crippen LogP) is 3.64. The van der Waals surface area contributed by atoms with E-state index in [1.54, 1.807) is 0 Å². The minimum Gasteiger partial charge on any atom is -0.137 e. The number of hydrogen-bond acceptors (Lipinski definition) is 9. The van der Waals surface area contributed by atoms with Crippen molar-refractivity contribution >= 4 is 50.7 Å². The third-order valence-corrected chi connectivity index (χ3v) is 24.2. The first-order valence-corrected chi connectivity index (χ1v) is 16.9. The Morgan fingerprint density at radius 2 is 1.58 bits per heavy atom. The summed E-state index contributed by atoms with van der Waals surface area (Å²) in [4.78, 5) is 12.1. The van der Waals surface area contributed by atoms with Crippen LogP contribution in [0.1, 0.15) is 26.7 Å². The summed E-state index contributed by atoms with van der Waals surface area (Å²) in [5.41, 5.74) is 0. The van der Waals surface area contributed by atoms with Crippen LogP contribution in [0.3, 0.4) is 0 Å².